The summed E-state index contributed by atoms with van der Waals surface area (Å²) in [5.41, 5.74) is -0.126. The van der Waals surface area contributed by atoms with Crippen molar-refractivity contribution in [3.63, 3.8) is 0 Å². The van der Waals surface area contributed by atoms with Gasteiger partial charge in [0.25, 0.3) is 0 Å². The topological polar surface area (TPSA) is 65.7 Å². The number of hydrogen-bond donors (Lipinski definition) is 0. The van der Waals surface area contributed by atoms with E-state index in [1.165, 1.54) is 13.3 Å². The van der Waals surface area contributed by atoms with Crippen LogP contribution in [0, 0.1) is 6.57 Å². The minimum atomic E-state index is -0.537. The highest BCUT2D eigenvalue weighted by atomic mass is 16.6. The van der Waals surface area contributed by atoms with E-state index in [1.807, 2.05) is 0 Å². The third-order valence-electron chi connectivity index (χ3n) is 1.82. The largest absolute Gasteiger partial charge is 0.488 e. The molecule has 1 rings (SSSR count). The fourth-order valence-corrected chi connectivity index (χ4v) is 1.22. The van der Waals surface area contributed by atoms with Crippen LogP contribution >= 0.6 is 0 Å². The van der Waals surface area contributed by atoms with Crippen LogP contribution in [0.2, 0.25) is 0 Å². The smallest absolute Gasteiger partial charge is 0.331 e. The van der Waals surface area contributed by atoms with Crippen molar-refractivity contribution in [2.75, 3.05) is 7.11 Å². The Kier molecular flexibility index (Phi) is 4.21. The van der Waals surface area contributed by atoms with E-state index in [9.17, 15) is 4.79 Å². The number of aromatic nitrogens is 2. The van der Waals surface area contributed by atoms with Gasteiger partial charge in [-0.2, -0.15) is 0 Å². The molecule has 0 aliphatic carbocycles. The SMILES string of the molecule is [C-]#[N+]c1ncc(CC(=O)OC(C)(C)C)nc1OC. The molecule has 0 bridgehead atoms. The third kappa shape index (κ3) is 4.01. The highest BCUT2D eigenvalue weighted by Crippen LogP contribution is 2.21. The lowest BCUT2D eigenvalue weighted by atomic mass is 10.2. The highest BCUT2D eigenvalue weighted by molar-refractivity contribution is 5.72. The average molecular weight is 249 g/mol. The van der Waals surface area contributed by atoms with Crippen molar-refractivity contribution in [1.82, 2.24) is 9.97 Å². The summed E-state index contributed by atoms with van der Waals surface area (Å²) in [5.74, 6) is -0.203. The van der Waals surface area contributed by atoms with Crippen LogP contribution in [0.25, 0.3) is 4.85 Å². The van der Waals surface area contributed by atoms with Crippen molar-refractivity contribution < 1.29 is 14.3 Å². The first kappa shape index (κ1) is 13.9. The van der Waals surface area contributed by atoms with Gasteiger partial charge in [-0.3, -0.25) is 4.79 Å². The Morgan fingerprint density at radius 3 is 2.67 bits per heavy atom. The molecule has 0 amide bonds. The Labute approximate surface area is 106 Å². The van der Waals surface area contributed by atoms with Crippen molar-refractivity contribution in [3.05, 3.63) is 23.3 Å². The highest BCUT2D eigenvalue weighted by Gasteiger charge is 2.18. The molecule has 1 aromatic rings. The molecule has 96 valence electrons. The standard InChI is InChI=1S/C12H15N3O3/c1-12(2,3)18-9(16)6-8-7-14-10(13-4)11(15-8)17-5/h7H,6H2,1-3,5H3. The minimum absolute atomic E-state index is 0.00108. The summed E-state index contributed by atoms with van der Waals surface area (Å²) in [6.45, 7) is 12.2. The first-order valence-electron chi connectivity index (χ1n) is 5.35. The fraction of sp³-hybridized carbons (Fsp3) is 0.500. The first-order valence-corrected chi connectivity index (χ1v) is 5.35. The lowest BCUT2D eigenvalue weighted by Gasteiger charge is -2.19. The number of hydrogen-bond acceptors (Lipinski definition) is 5. The quantitative estimate of drug-likeness (QED) is 0.604. The number of carbonyl (C=O) groups excluding carboxylic acids is 1. The first-order chi connectivity index (χ1) is 8.35. The van der Waals surface area contributed by atoms with Crippen LogP contribution in [0.4, 0.5) is 5.82 Å². The molecule has 0 aromatic carbocycles. The van der Waals surface area contributed by atoms with E-state index >= 15 is 0 Å². The van der Waals surface area contributed by atoms with E-state index in [4.69, 9.17) is 16.0 Å². The van der Waals surface area contributed by atoms with E-state index in [1.54, 1.807) is 20.8 Å². The lowest BCUT2D eigenvalue weighted by molar-refractivity contribution is -0.154. The molecule has 0 atom stereocenters. The normalized spacial score (nSPS) is 10.6. The van der Waals surface area contributed by atoms with Gasteiger partial charge in [0.15, 0.2) is 0 Å². The van der Waals surface area contributed by atoms with E-state index < -0.39 is 11.6 Å². The maximum atomic E-state index is 11.6. The van der Waals surface area contributed by atoms with Crippen LogP contribution in [0.3, 0.4) is 0 Å². The maximum absolute atomic E-state index is 11.6. The Morgan fingerprint density at radius 1 is 1.50 bits per heavy atom. The summed E-state index contributed by atoms with van der Waals surface area (Å²) in [7, 11) is 1.40. The van der Waals surface area contributed by atoms with Crippen LogP contribution < -0.4 is 4.74 Å². The van der Waals surface area contributed by atoms with Crippen LogP contribution in [0.15, 0.2) is 6.20 Å². The summed E-state index contributed by atoms with van der Waals surface area (Å²) in [5, 5.41) is 0. The van der Waals surface area contributed by atoms with Gasteiger partial charge in [0.1, 0.15) is 11.8 Å². The minimum Gasteiger partial charge on any atom is -0.488 e. The molecular weight excluding hydrogens is 234 g/mol. The third-order valence-corrected chi connectivity index (χ3v) is 1.82. The molecular formula is C12H15N3O3. The molecule has 0 aliphatic rings. The number of esters is 1. The van der Waals surface area contributed by atoms with E-state index in [2.05, 4.69) is 14.8 Å². The van der Waals surface area contributed by atoms with Crippen molar-refractivity contribution in [2.45, 2.75) is 32.8 Å². The number of rotatable bonds is 3. The van der Waals surface area contributed by atoms with Gasteiger partial charge >= 0.3 is 11.8 Å². The van der Waals surface area contributed by atoms with Crippen molar-refractivity contribution >= 4 is 11.8 Å². The van der Waals surface area contributed by atoms with E-state index in [0.29, 0.717) is 5.69 Å². The molecule has 0 saturated heterocycles. The average Bonchev–Trinajstić information content (AvgIpc) is 2.26. The van der Waals surface area contributed by atoms with Crippen LogP contribution in [0.5, 0.6) is 5.88 Å². The Balaban J connectivity index is 2.81. The fourth-order valence-electron chi connectivity index (χ4n) is 1.22. The second-order valence-corrected chi connectivity index (χ2v) is 4.57. The van der Waals surface area contributed by atoms with Gasteiger partial charge in [0.2, 0.25) is 5.88 Å². The van der Waals surface area contributed by atoms with Crippen LogP contribution in [-0.2, 0) is 16.0 Å². The van der Waals surface area contributed by atoms with Gasteiger partial charge in [-0.15, -0.1) is 4.98 Å². The van der Waals surface area contributed by atoms with Gasteiger partial charge in [-0.25, -0.2) is 4.98 Å². The summed E-state index contributed by atoms with van der Waals surface area (Å²) in [6, 6.07) is 0. The zero-order valence-electron chi connectivity index (χ0n) is 10.9. The summed E-state index contributed by atoms with van der Waals surface area (Å²) >= 11 is 0. The predicted molar refractivity (Wildman–Crippen MR) is 64.4 cm³/mol. The summed E-state index contributed by atoms with van der Waals surface area (Å²) in [6.07, 6.45) is 1.37. The van der Waals surface area contributed by atoms with Crippen LogP contribution in [0.1, 0.15) is 26.5 Å². The zero-order chi connectivity index (χ0) is 13.8. The number of ether oxygens (including phenoxy) is 2. The van der Waals surface area contributed by atoms with Gasteiger partial charge in [0, 0.05) is 0 Å². The van der Waals surface area contributed by atoms with Gasteiger partial charge in [0.05, 0.1) is 19.2 Å². The predicted octanol–water partition coefficient (Wildman–Crippen LogP) is 1.92. The monoisotopic (exact) mass is 249 g/mol. The molecule has 1 heterocycles. The summed E-state index contributed by atoms with van der Waals surface area (Å²) < 4.78 is 10.1. The Hall–Kier alpha value is -2.16. The molecule has 1 aromatic heterocycles. The zero-order valence-corrected chi connectivity index (χ0v) is 10.9. The second-order valence-electron chi connectivity index (χ2n) is 4.57. The molecule has 0 fully saturated rings. The van der Waals surface area contributed by atoms with Crippen molar-refractivity contribution in [2.24, 2.45) is 0 Å². The molecule has 0 N–H and O–H groups in total. The summed E-state index contributed by atoms with van der Waals surface area (Å²) in [4.78, 5) is 22.6. The molecule has 0 aliphatic heterocycles. The number of methoxy groups -OCH3 is 1. The van der Waals surface area contributed by atoms with Crippen molar-refractivity contribution in [1.29, 1.82) is 0 Å². The molecule has 0 saturated carbocycles. The molecule has 0 spiro atoms. The van der Waals surface area contributed by atoms with Crippen LogP contribution in [-0.4, -0.2) is 28.6 Å². The molecule has 6 heteroatoms. The van der Waals surface area contributed by atoms with E-state index in [0.717, 1.165) is 0 Å². The van der Waals surface area contributed by atoms with E-state index in [-0.39, 0.29) is 18.1 Å². The maximum Gasteiger partial charge on any atom is 0.331 e. The number of carbonyl (C=O) groups is 1. The molecule has 18 heavy (non-hydrogen) atoms. The van der Waals surface area contributed by atoms with Crippen molar-refractivity contribution in [3.8, 4) is 5.88 Å². The molecule has 6 nitrogen and oxygen atoms in total. The van der Waals surface area contributed by atoms with Gasteiger partial charge in [-0.1, -0.05) is 6.57 Å². The molecule has 0 unspecified atom stereocenters. The second kappa shape index (κ2) is 5.45. The Bertz CT molecular complexity index is 486. The van der Waals surface area contributed by atoms with Gasteiger partial charge in [-0.05, 0) is 20.8 Å². The van der Waals surface area contributed by atoms with Gasteiger partial charge < -0.3 is 14.3 Å². The Morgan fingerprint density at radius 2 is 2.17 bits per heavy atom. The number of nitrogens with zero attached hydrogens (tertiary/aromatic N) is 3. The lowest BCUT2D eigenvalue weighted by Crippen LogP contribution is -2.25. The molecule has 0 radical (unpaired) electrons.